The van der Waals surface area contributed by atoms with E-state index in [1.807, 2.05) is 20.8 Å². The summed E-state index contributed by atoms with van der Waals surface area (Å²) in [6.07, 6.45) is 2.65. The molecule has 0 saturated heterocycles. The molecule has 21 heavy (non-hydrogen) atoms. The summed E-state index contributed by atoms with van der Waals surface area (Å²) in [6, 6.07) is 0. The Labute approximate surface area is 125 Å². The number of nitrogens with one attached hydrogen (secondary N) is 2. The predicted octanol–water partition coefficient (Wildman–Crippen LogP) is 1.16. The number of hydrogen-bond donors (Lipinski definition) is 3. The molecule has 1 aliphatic carbocycles. The largest absolute Gasteiger partial charge is 0.481 e. The summed E-state index contributed by atoms with van der Waals surface area (Å²) in [4.78, 5) is 34.4. The average molecular weight is 298 g/mol. The van der Waals surface area contributed by atoms with Gasteiger partial charge in [-0.25, -0.2) is 0 Å². The lowest BCUT2D eigenvalue weighted by atomic mass is 9.95. The number of carboxylic acid groups (broad SMARTS) is 1. The molecule has 2 atom stereocenters. The maximum Gasteiger partial charge on any atom is 0.306 e. The Balaban J connectivity index is 2.23. The molecule has 2 amide bonds. The van der Waals surface area contributed by atoms with Crippen molar-refractivity contribution >= 4 is 17.8 Å². The Morgan fingerprint density at radius 3 is 2.38 bits per heavy atom. The molecular formula is C15H26N2O4. The van der Waals surface area contributed by atoms with E-state index in [-0.39, 0.29) is 30.1 Å². The molecule has 1 fully saturated rings. The molecule has 0 heterocycles. The second kappa shape index (κ2) is 7.43. The van der Waals surface area contributed by atoms with Crippen molar-refractivity contribution in [1.29, 1.82) is 0 Å². The van der Waals surface area contributed by atoms with Gasteiger partial charge in [0.15, 0.2) is 0 Å². The van der Waals surface area contributed by atoms with Gasteiger partial charge in [0.25, 0.3) is 0 Å². The Bertz CT molecular complexity index is 401. The zero-order chi connectivity index (χ0) is 16.0. The molecule has 0 bridgehead atoms. The second-order valence-electron chi connectivity index (χ2n) is 6.70. The van der Waals surface area contributed by atoms with Gasteiger partial charge in [-0.2, -0.15) is 0 Å². The molecule has 120 valence electrons. The van der Waals surface area contributed by atoms with Crippen LogP contribution in [0.2, 0.25) is 0 Å². The lowest BCUT2D eigenvalue weighted by Crippen LogP contribution is -2.38. The van der Waals surface area contributed by atoms with E-state index in [2.05, 4.69) is 10.6 Å². The van der Waals surface area contributed by atoms with Crippen LogP contribution in [-0.4, -0.2) is 36.0 Å². The van der Waals surface area contributed by atoms with Crippen LogP contribution in [0.5, 0.6) is 0 Å². The fourth-order valence-electron chi connectivity index (χ4n) is 2.49. The molecule has 0 aromatic carbocycles. The lowest BCUT2D eigenvalue weighted by Gasteiger charge is -2.18. The van der Waals surface area contributed by atoms with Crippen molar-refractivity contribution in [2.24, 2.45) is 17.3 Å². The van der Waals surface area contributed by atoms with Crippen LogP contribution < -0.4 is 10.6 Å². The SMILES string of the molecule is CC(C)(C)C(=O)NCCC(=O)NCC1CCCC1C(=O)O. The number of carbonyl (C=O) groups excluding carboxylic acids is 2. The van der Waals surface area contributed by atoms with E-state index in [9.17, 15) is 14.4 Å². The van der Waals surface area contributed by atoms with Crippen LogP contribution in [-0.2, 0) is 14.4 Å². The van der Waals surface area contributed by atoms with Crippen LogP contribution in [0.25, 0.3) is 0 Å². The van der Waals surface area contributed by atoms with E-state index in [4.69, 9.17) is 5.11 Å². The molecule has 0 radical (unpaired) electrons. The van der Waals surface area contributed by atoms with Gasteiger partial charge in [0, 0.05) is 24.9 Å². The highest BCUT2D eigenvalue weighted by molar-refractivity contribution is 5.82. The minimum Gasteiger partial charge on any atom is -0.481 e. The second-order valence-corrected chi connectivity index (χ2v) is 6.70. The van der Waals surface area contributed by atoms with Crippen molar-refractivity contribution in [1.82, 2.24) is 10.6 Å². The fraction of sp³-hybridized carbons (Fsp3) is 0.800. The van der Waals surface area contributed by atoms with Crippen LogP contribution in [0, 0.1) is 17.3 Å². The maximum atomic E-state index is 11.7. The lowest BCUT2D eigenvalue weighted by molar-refractivity contribution is -0.143. The summed E-state index contributed by atoms with van der Waals surface area (Å²) in [5.41, 5.74) is -0.463. The first-order valence-corrected chi connectivity index (χ1v) is 7.49. The van der Waals surface area contributed by atoms with Gasteiger partial charge in [0.1, 0.15) is 0 Å². The van der Waals surface area contributed by atoms with E-state index in [1.165, 1.54) is 0 Å². The predicted molar refractivity (Wildman–Crippen MR) is 78.6 cm³/mol. The molecular weight excluding hydrogens is 272 g/mol. The van der Waals surface area contributed by atoms with Crippen molar-refractivity contribution in [3.8, 4) is 0 Å². The van der Waals surface area contributed by atoms with Crippen LogP contribution in [0.1, 0.15) is 46.5 Å². The van der Waals surface area contributed by atoms with Gasteiger partial charge < -0.3 is 15.7 Å². The van der Waals surface area contributed by atoms with Gasteiger partial charge >= 0.3 is 5.97 Å². The molecule has 0 aliphatic heterocycles. The molecule has 1 aliphatic rings. The van der Waals surface area contributed by atoms with Crippen molar-refractivity contribution in [3.05, 3.63) is 0 Å². The third-order valence-electron chi connectivity index (χ3n) is 3.86. The summed E-state index contributed by atoms with van der Waals surface area (Å²) < 4.78 is 0. The van der Waals surface area contributed by atoms with Crippen molar-refractivity contribution in [3.63, 3.8) is 0 Å². The number of carbonyl (C=O) groups is 3. The summed E-state index contributed by atoms with van der Waals surface area (Å²) in [6.45, 7) is 6.15. The highest BCUT2D eigenvalue weighted by Gasteiger charge is 2.32. The molecule has 6 nitrogen and oxygen atoms in total. The van der Waals surface area contributed by atoms with Crippen LogP contribution in [0.4, 0.5) is 0 Å². The first kappa shape index (κ1) is 17.5. The van der Waals surface area contributed by atoms with Crippen LogP contribution >= 0.6 is 0 Å². The molecule has 0 aromatic rings. The molecule has 1 saturated carbocycles. The zero-order valence-electron chi connectivity index (χ0n) is 13.1. The number of carboxylic acids is 1. The Hall–Kier alpha value is -1.59. The highest BCUT2D eigenvalue weighted by Crippen LogP contribution is 2.31. The third-order valence-corrected chi connectivity index (χ3v) is 3.86. The van der Waals surface area contributed by atoms with Gasteiger partial charge in [0.2, 0.25) is 11.8 Å². The minimum atomic E-state index is -0.774. The van der Waals surface area contributed by atoms with Gasteiger partial charge in [-0.15, -0.1) is 0 Å². The van der Waals surface area contributed by atoms with E-state index >= 15 is 0 Å². The van der Waals surface area contributed by atoms with Gasteiger partial charge in [0.05, 0.1) is 5.92 Å². The first-order chi connectivity index (χ1) is 9.71. The van der Waals surface area contributed by atoms with Crippen LogP contribution in [0.15, 0.2) is 0 Å². The number of amides is 2. The number of hydrogen-bond acceptors (Lipinski definition) is 3. The third kappa shape index (κ3) is 5.73. The van der Waals surface area contributed by atoms with E-state index in [0.29, 0.717) is 19.5 Å². The van der Waals surface area contributed by atoms with Crippen molar-refractivity contribution in [2.45, 2.75) is 46.5 Å². The van der Waals surface area contributed by atoms with E-state index < -0.39 is 11.4 Å². The summed E-state index contributed by atoms with van der Waals surface area (Å²) in [5.74, 6) is -1.33. The summed E-state index contributed by atoms with van der Waals surface area (Å²) in [7, 11) is 0. The Morgan fingerprint density at radius 2 is 1.81 bits per heavy atom. The molecule has 0 aromatic heterocycles. The molecule has 6 heteroatoms. The molecule has 1 rings (SSSR count). The monoisotopic (exact) mass is 298 g/mol. The Kier molecular flexibility index (Phi) is 6.18. The summed E-state index contributed by atoms with van der Waals surface area (Å²) >= 11 is 0. The van der Waals surface area contributed by atoms with Crippen molar-refractivity contribution < 1.29 is 19.5 Å². The maximum absolute atomic E-state index is 11.7. The smallest absolute Gasteiger partial charge is 0.306 e. The van der Waals surface area contributed by atoms with Gasteiger partial charge in [-0.1, -0.05) is 27.2 Å². The van der Waals surface area contributed by atoms with Crippen LogP contribution in [0.3, 0.4) is 0 Å². The molecule has 3 N–H and O–H groups in total. The molecule has 0 spiro atoms. The number of rotatable bonds is 6. The topological polar surface area (TPSA) is 95.5 Å². The number of aliphatic carboxylic acids is 1. The fourth-order valence-corrected chi connectivity index (χ4v) is 2.49. The average Bonchev–Trinajstić information content (AvgIpc) is 2.83. The van der Waals surface area contributed by atoms with Crippen molar-refractivity contribution in [2.75, 3.05) is 13.1 Å². The quantitative estimate of drug-likeness (QED) is 0.685. The van der Waals surface area contributed by atoms with Gasteiger partial charge in [-0.3, -0.25) is 14.4 Å². The van der Waals surface area contributed by atoms with Gasteiger partial charge in [-0.05, 0) is 18.8 Å². The van der Waals surface area contributed by atoms with E-state index in [1.54, 1.807) is 0 Å². The molecule has 2 unspecified atom stereocenters. The van der Waals surface area contributed by atoms with E-state index in [0.717, 1.165) is 12.8 Å². The summed E-state index contributed by atoms with van der Waals surface area (Å²) in [5, 5.41) is 14.6. The first-order valence-electron chi connectivity index (χ1n) is 7.49. The minimum absolute atomic E-state index is 0.0237. The normalized spacial score (nSPS) is 21.9. The Morgan fingerprint density at radius 1 is 1.14 bits per heavy atom. The highest BCUT2D eigenvalue weighted by atomic mass is 16.4. The standard InChI is InChI=1S/C15H26N2O4/c1-15(2,3)14(21)16-8-7-12(18)17-9-10-5-4-6-11(10)13(19)20/h10-11H,4-9H2,1-3H3,(H,16,21)(H,17,18)(H,19,20). The zero-order valence-corrected chi connectivity index (χ0v) is 13.1.